The van der Waals surface area contributed by atoms with Crippen LogP contribution in [0.4, 0.5) is 4.39 Å². The molecule has 0 saturated carbocycles. The minimum atomic E-state index is -4.05. The summed E-state index contributed by atoms with van der Waals surface area (Å²) in [5.74, 6) is -1.24. The highest BCUT2D eigenvalue weighted by atomic mass is 35.5. The fourth-order valence-electron chi connectivity index (χ4n) is 2.96. The van der Waals surface area contributed by atoms with E-state index in [4.69, 9.17) is 16.3 Å². The molecule has 1 aliphatic rings. The molecule has 0 aromatic heterocycles. The predicted molar refractivity (Wildman–Crippen MR) is 99.2 cm³/mol. The number of nitrogens with zero attached hydrogens (tertiary/aromatic N) is 1. The van der Waals surface area contributed by atoms with E-state index in [-0.39, 0.29) is 23.6 Å². The number of ether oxygens (including phenoxy) is 1. The van der Waals surface area contributed by atoms with Crippen molar-refractivity contribution >= 4 is 27.6 Å². The molecule has 1 atom stereocenters. The van der Waals surface area contributed by atoms with Crippen LogP contribution in [-0.2, 0) is 19.6 Å². The number of esters is 1. The molecule has 2 aromatic carbocycles. The molecule has 1 unspecified atom stereocenters. The molecule has 2 aromatic rings. The van der Waals surface area contributed by atoms with Crippen molar-refractivity contribution in [1.82, 2.24) is 4.31 Å². The van der Waals surface area contributed by atoms with E-state index in [1.165, 1.54) is 24.3 Å². The number of hydrogen-bond donors (Lipinski definition) is 0. The molecule has 0 N–H and O–H groups in total. The zero-order chi connectivity index (χ0) is 19.6. The van der Waals surface area contributed by atoms with E-state index in [1.807, 2.05) is 0 Å². The molecule has 0 amide bonds. The Morgan fingerprint density at radius 2 is 1.96 bits per heavy atom. The quantitative estimate of drug-likeness (QED) is 0.706. The molecule has 0 radical (unpaired) electrons. The first-order chi connectivity index (χ1) is 12.8. The third-order valence-corrected chi connectivity index (χ3v) is 6.25. The molecule has 1 aliphatic heterocycles. The maximum Gasteiger partial charge on any atom is 0.335 e. The van der Waals surface area contributed by atoms with Crippen LogP contribution < -0.4 is 0 Å². The molecule has 0 spiro atoms. The lowest BCUT2D eigenvalue weighted by atomic mass is 10.0. The fraction of sp³-hybridized carbons (Fsp3) is 0.211. The van der Waals surface area contributed by atoms with Gasteiger partial charge >= 0.3 is 5.97 Å². The topological polar surface area (TPSA) is 63.7 Å². The Labute approximate surface area is 162 Å². The van der Waals surface area contributed by atoms with Gasteiger partial charge in [0.15, 0.2) is 0 Å². The van der Waals surface area contributed by atoms with Gasteiger partial charge in [0.25, 0.3) is 0 Å². The molecule has 3 rings (SSSR count). The summed E-state index contributed by atoms with van der Waals surface area (Å²) in [6, 6.07) is 10.4. The number of rotatable bonds is 5. The summed E-state index contributed by atoms with van der Waals surface area (Å²) in [6.45, 7) is 1.81. The molecular weight excluding hydrogens is 393 g/mol. The van der Waals surface area contributed by atoms with E-state index < -0.39 is 27.9 Å². The molecule has 0 saturated heterocycles. The van der Waals surface area contributed by atoms with Crippen LogP contribution in [0, 0.1) is 5.82 Å². The Morgan fingerprint density at radius 1 is 1.26 bits per heavy atom. The van der Waals surface area contributed by atoms with Crippen molar-refractivity contribution in [3.05, 3.63) is 76.6 Å². The third-order valence-electron chi connectivity index (χ3n) is 4.17. The van der Waals surface area contributed by atoms with E-state index in [0.29, 0.717) is 10.6 Å². The number of benzene rings is 2. The smallest absolute Gasteiger partial charge is 0.335 e. The van der Waals surface area contributed by atoms with Gasteiger partial charge in [0, 0.05) is 11.6 Å². The minimum absolute atomic E-state index is 0.0275. The highest BCUT2D eigenvalue weighted by molar-refractivity contribution is 7.89. The van der Waals surface area contributed by atoms with Gasteiger partial charge in [0.2, 0.25) is 10.0 Å². The van der Waals surface area contributed by atoms with Crippen LogP contribution in [0.2, 0.25) is 5.02 Å². The third kappa shape index (κ3) is 3.90. The molecule has 0 bridgehead atoms. The van der Waals surface area contributed by atoms with Crippen molar-refractivity contribution in [2.75, 3.05) is 13.2 Å². The Kier molecular flexibility index (Phi) is 5.64. The predicted octanol–water partition coefficient (Wildman–Crippen LogP) is 3.71. The first-order valence-corrected chi connectivity index (χ1v) is 10.1. The molecule has 0 fully saturated rings. The lowest BCUT2D eigenvalue weighted by Crippen LogP contribution is -2.33. The number of hydrogen-bond acceptors (Lipinski definition) is 4. The second-order valence-electron chi connectivity index (χ2n) is 5.87. The minimum Gasteiger partial charge on any atom is -0.463 e. The number of carbonyl (C=O) groups is 1. The van der Waals surface area contributed by atoms with Gasteiger partial charge < -0.3 is 4.74 Å². The number of carbonyl (C=O) groups excluding carboxylic acids is 1. The molecule has 5 nitrogen and oxygen atoms in total. The summed E-state index contributed by atoms with van der Waals surface area (Å²) in [7, 11) is -4.05. The van der Waals surface area contributed by atoms with Gasteiger partial charge in [0.05, 0.1) is 23.1 Å². The Bertz CT molecular complexity index is 989. The Morgan fingerprint density at radius 3 is 2.59 bits per heavy atom. The van der Waals surface area contributed by atoms with E-state index >= 15 is 0 Å². The molecule has 1 heterocycles. The van der Waals surface area contributed by atoms with Gasteiger partial charge in [-0.15, -0.1) is 0 Å². The Balaban J connectivity index is 2.06. The molecule has 142 valence electrons. The SMILES string of the molecule is CCOC(=O)C1=CCN(S(=O)(=O)c2cccc(F)c2)C1c1ccc(Cl)cc1. The molecule has 0 aliphatic carbocycles. The van der Waals surface area contributed by atoms with E-state index in [2.05, 4.69) is 0 Å². The van der Waals surface area contributed by atoms with E-state index in [1.54, 1.807) is 31.2 Å². The Hall–Kier alpha value is -2.22. The van der Waals surface area contributed by atoms with Gasteiger partial charge in [-0.3, -0.25) is 0 Å². The summed E-state index contributed by atoms with van der Waals surface area (Å²) in [5.41, 5.74) is 0.787. The van der Waals surface area contributed by atoms with Gasteiger partial charge in [-0.25, -0.2) is 17.6 Å². The van der Waals surface area contributed by atoms with Crippen LogP contribution in [0.3, 0.4) is 0 Å². The first kappa shape index (κ1) is 19.5. The summed E-state index contributed by atoms with van der Waals surface area (Å²) in [6.07, 6.45) is 1.52. The maximum absolute atomic E-state index is 13.6. The van der Waals surface area contributed by atoms with Gasteiger partial charge in [-0.05, 0) is 42.8 Å². The largest absolute Gasteiger partial charge is 0.463 e. The van der Waals surface area contributed by atoms with Crippen molar-refractivity contribution < 1.29 is 22.3 Å². The molecule has 8 heteroatoms. The summed E-state index contributed by atoms with van der Waals surface area (Å²) in [5, 5.41) is 0.484. The fourth-order valence-corrected chi connectivity index (χ4v) is 4.65. The van der Waals surface area contributed by atoms with Crippen LogP contribution >= 0.6 is 11.6 Å². The second kappa shape index (κ2) is 7.80. The summed E-state index contributed by atoms with van der Waals surface area (Å²) >= 11 is 5.93. The second-order valence-corrected chi connectivity index (χ2v) is 8.19. The maximum atomic E-state index is 13.6. The van der Waals surface area contributed by atoms with Crippen LogP contribution in [0.25, 0.3) is 0 Å². The van der Waals surface area contributed by atoms with Crippen LogP contribution in [-0.4, -0.2) is 31.8 Å². The lowest BCUT2D eigenvalue weighted by molar-refractivity contribution is -0.138. The zero-order valence-electron chi connectivity index (χ0n) is 14.4. The van der Waals surface area contributed by atoms with E-state index in [9.17, 15) is 17.6 Å². The average molecular weight is 410 g/mol. The highest BCUT2D eigenvalue weighted by Crippen LogP contribution is 2.38. The number of halogens is 2. The van der Waals surface area contributed by atoms with Crippen molar-refractivity contribution in [3.8, 4) is 0 Å². The van der Waals surface area contributed by atoms with Crippen LogP contribution in [0.15, 0.2) is 65.1 Å². The first-order valence-electron chi connectivity index (χ1n) is 8.24. The lowest BCUT2D eigenvalue weighted by Gasteiger charge is -2.26. The van der Waals surface area contributed by atoms with Crippen molar-refractivity contribution in [2.45, 2.75) is 17.9 Å². The highest BCUT2D eigenvalue weighted by Gasteiger charge is 2.41. The normalized spacial score (nSPS) is 17.6. The van der Waals surface area contributed by atoms with Gasteiger partial charge in [-0.2, -0.15) is 4.31 Å². The zero-order valence-corrected chi connectivity index (χ0v) is 16.0. The average Bonchev–Trinajstić information content (AvgIpc) is 3.08. The monoisotopic (exact) mass is 409 g/mol. The number of sulfonamides is 1. The van der Waals surface area contributed by atoms with Crippen LogP contribution in [0.1, 0.15) is 18.5 Å². The van der Waals surface area contributed by atoms with E-state index in [0.717, 1.165) is 10.4 Å². The van der Waals surface area contributed by atoms with Crippen LogP contribution in [0.5, 0.6) is 0 Å². The van der Waals surface area contributed by atoms with Gasteiger partial charge in [0.1, 0.15) is 5.82 Å². The van der Waals surface area contributed by atoms with Gasteiger partial charge in [-0.1, -0.05) is 35.9 Å². The summed E-state index contributed by atoms with van der Waals surface area (Å²) < 4.78 is 46.0. The van der Waals surface area contributed by atoms with Crippen molar-refractivity contribution in [2.24, 2.45) is 0 Å². The van der Waals surface area contributed by atoms with Crippen molar-refractivity contribution in [1.29, 1.82) is 0 Å². The summed E-state index contributed by atoms with van der Waals surface area (Å²) in [4.78, 5) is 12.2. The molecule has 27 heavy (non-hydrogen) atoms. The molecular formula is C19H17ClFNO4S. The standard InChI is InChI=1S/C19H17ClFNO4S/c1-2-26-19(23)17-10-11-22(18(17)13-6-8-14(20)9-7-13)27(24,25)16-5-3-4-15(21)12-16/h3-10,12,18H,2,11H2,1H3. The van der Waals surface area contributed by atoms with Crippen molar-refractivity contribution in [3.63, 3.8) is 0 Å².